The summed E-state index contributed by atoms with van der Waals surface area (Å²) in [7, 11) is 0. The van der Waals surface area contributed by atoms with Gasteiger partial charge in [0.2, 0.25) is 0 Å². The van der Waals surface area contributed by atoms with Crippen LogP contribution in [0.3, 0.4) is 0 Å². The van der Waals surface area contributed by atoms with Crippen LogP contribution in [0.1, 0.15) is 27.5 Å². The first kappa shape index (κ1) is 25.5. The van der Waals surface area contributed by atoms with E-state index in [4.69, 9.17) is 4.74 Å². The number of aliphatic carboxylic acids is 1. The zero-order chi connectivity index (χ0) is 26.9. The topological polar surface area (TPSA) is 75.6 Å². The van der Waals surface area contributed by atoms with Gasteiger partial charge in [-0.15, -0.1) is 11.3 Å². The summed E-state index contributed by atoms with van der Waals surface area (Å²) in [5, 5.41) is 12.1. The minimum absolute atomic E-state index is 0.0385. The number of carboxylic acid groups (broad SMARTS) is 1. The van der Waals surface area contributed by atoms with Gasteiger partial charge in [0.15, 0.2) is 0 Å². The van der Waals surface area contributed by atoms with Gasteiger partial charge in [-0.1, -0.05) is 60.7 Å². The number of carbonyl (C=O) groups is 2. The molecule has 2 N–H and O–H groups in total. The maximum absolute atomic E-state index is 13.1. The number of rotatable bonds is 7. The number of amides is 1. The van der Waals surface area contributed by atoms with Gasteiger partial charge in [-0.05, 0) is 52.1 Å². The second-order valence-corrected chi connectivity index (χ2v) is 10.1. The van der Waals surface area contributed by atoms with Crippen molar-refractivity contribution in [3.8, 4) is 21.6 Å². The summed E-state index contributed by atoms with van der Waals surface area (Å²) < 4.78 is 44.7. The predicted octanol–water partition coefficient (Wildman–Crippen LogP) is 6.97. The molecule has 0 saturated heterocycles. The molecule has 0 aliphatic heterocycles. The standard InChI is InChI=1S/C29H22F3NO4S/c30-29(31,32)18-7-5-6-17(14-18)26-13-12-19(38-26)15-25(27(34)35)33-28(36)37-16-24-22-10-3-1-8-20(22)21-9-2-4-11-23(21)24/h1-14,24-25H,15-16H2,(H,33,36)(H,34,35). The Morgan fingerprint density at radius 1 is 0.921 bits per heavy atom. The molecule has 1 aliphatic rings. The number of carbonyl (C=O) groups excluding carboxylic acids is 1. The van der Waals surface area contributed by atoms with Gasteiger partial charge < -0.3 is 15.2 Å². The van der Waals surface area contributed by atoms with Gasteiger partial charge in [-0.2, -0.15) is 13.2 Å². The van der Waals surface area contributed by atoms with Crippen molar-refractivity contribution >= 4 is 23.4 Å². The first-order chi connectivity index (χ1) is 18.2. The average Bonchev–Trinajstić information content (AvgIpc) is 3.49. The van der Waals surface area contributed by atoms with Crippen LogP contribution in [0, 0.1) is 0 Å². The Labute approximate surface area is 220 Å². The van der Waals surface area contributed by atoms with Crippen LogP contribution in [-0.4, -0.2) is 29.8 Å². The summed E-state index contributed by atoms with van der Waals surface area (Å²) in [5.74, 6) is -1.41. The zero-order valence-electron chi connectivity index (χ0n) is 19.9. The van der Waals surface area contributed by atoms with Crippen molar-refractivity contribution in [3.05, 3.63) is 106 Å². The molecule has 5 rings (SSSR count). The summed E-state index contributed by atoms with van der Waals surface area (Å²) in [6.45, 7) is 0.0465. The highest BCUT2D eigenvalue weighted by atomic mass is 32.1. The van der Waals surface area contributed by atoms with E-state index in [0.29, 0.717) is 15.3 Å². The number of thiophene rings is 1. The van der Waals surface area contributed by atoms with Crippen molar-refractivity contribution in [1.82, 2.24) is 5.32 Å². The van der Waals surface area contributed by atoms with Crippen molar-refractivity contribution < 1.29 is 32.6 Å². The molecule has 5 nitrogen and oxygen atoms in total. The molecular formula is C29H22F3NO4S. The lowest BCUT2D eigenvalue weighted by Gasteiger charge is -2.17. The molecule has 0 spiro atoms. The number of hydrogen-bond donors (Lipinski definition) is 2. The lowest BCUT2D eigenvalue weighted by molar-refractivity contribution is -0.139. The van der Waals surface area contributed by atoms with E-state index in [1.807, 2.05) is 48.5 Å². The molecule has 3 aromatic carbocycles. The summed E-state index contributed by atoms with van der Waals surface area (Å²) in [6.07, 6.45) is -5.35. The lowest BCUT2D eigenvalue weighted by Crippen LogP contribution is -2.42. The third-order valence-electron chi connectivity index (χ3n) is 6.48. The molecule has 1 unspecified atom stereocenters. The highest BCUT2D eigenvalue weighted by molar-refractivity contribution is 7.15. The van der Waals surface area contributed by atoms with Gasteiger partial charge in [0, 0.05) is 22.1 Å². The second-order valence-electron chi connectivity index (χ2n) is 8.91. The van der Waals surface area contributed by atoms with Crippen molar-refractivity contribution in [2.24, 2.45) is 0 Å². The third kappa shape index (κ3) is 5.28. The molecule has 194 valence electrons. The van der Waals surface area contributed by atoms with Crippen LogP contribution in [-0.2, 0) is 22.1 Å². The van der Waals surface area contributed by atoms with Crippen molar-refractivity contribution in [3.63, 3.8) is 0 Å². The molecule has 1 aliphatic carbocycles. The molecule has 0 fully saturated rings. The monoisotopic (exact) mass is 537 g/mol. The zero-order valence-corrected chi connectivity index (χ0v) is 20.7. The molecule has 1 amide bonds. The fourth-order valence-electron chi connectivity index (χ4n) is 4.68. The molecule has 0 radical (unpaired) electrons. The fourth-order valence-corrected chi connectivity index (χ4v) is 5.72. The molecule has 38 heavy (non-hydrogen) atoms. The van der Waals surface area contributed by atoms with Crippen molar-refractivity contribution in [2.75, 3.05) is 6.61 Å². The molecule has 0 bridgehead atoms. The molecule has 1 heterocycles. The van der Waals surface area contributed by atoms with E-state index in [9.17, 15) is 27.9 Å². The van der Waals surface area contributed by atoms with Gasteiger partial charge in [0.25, 0.3) is 0 Å². The van der Waals surface area contributed by atoms with Crippen LogP contribution in [0.15, 0.2) is 84.9 Å². The Morgan fingerprint density at radius 2 is 1.58 bits per heavy atom. The highest BCUT2D eigenvalue weighted by Crippen LogP contribution is 2.44. The van der Waals surface area contributed by atoms with E-state index in [-0.39, 0.29) is 18.9 Å². The van der Waals surface area contributed by atoms with E-state index in [1.165, 1.54) is 17.4 Å². The number of halogens is 3. The minimum Gasteiger partial charge on any atom is -0.480 e. The summed E-state index contributed by atoms with van der Waals surface area (Å²) in [4.78, 5) is 25.6. The Balaban J connectivity index is 1.24. The largest absolute Gasteiger partial charge is 0.480 e. The number of alkyl halides is 3. The van der Waals surface area contributed by atoms with Gasteiger partial charge in [0.1, 0.15) is 12.6 Å². The highest BCUT2D eigenvalue weighted by Gasteiger charge is 2.31. The molecule has 0 saturated carbocycles. The SMILES string of the molecule is O=C(NC(Cc1ccc(-c2cccc(C(F)(F)F)c2)s1)C(=O)O)OCC1c2ccccc2-c2ccccc21. The van der Waals surface area contributed by atoms with Crippen LogP contribution >= 0.6 is 11.3 Å². The van der Waals surface area contributed by atoms with Crippen LogP contribution in [0.4, 0.5) is 18.0 Å². The van der Waals surface area contributed by atoms with Crippen LogP contribution < -0.4 is 5.32 Å². The smallest absolute Gasteiger partial charge is 0.416 e. The summed E-state index contributed by atoms with van der Waals surface area (Å²) in [5.41, 5.74) is 3.86. The molecule has 4 aromatic rings. The number of carboxylic acids is 1. The predicted molar refractivity (Wildman–Crippen MR) is 138 cm³/mol. The average molecular weight is 538 g/mol. The number of nitrogens with one attached hydrogen (secondary N) is 1. The Kier molecular flexibility index (Phi) is 6.94. The first-order valence-electron chi connectivity index (χ1n) is 11.8. The van der Waals surface area contributed by atoms with Gasteiger partial charge >= 0.3 is 18.2 Å². The second kappa shape index (κ2) is 10.3. The van der Waals surface area contributed by atoms with E-state index in [2.05, 4.69) is 5.32 Å². The Hall–Kier alpha value is -4.11. The molecule has 1 aromatic heterocycles. The number of benzene rings is 3. The van der Waals surface area contributed by atoms with Gasteiger partial charge in [-0.25, -0.2) is 9.59 Å². The normalized spacial score (nSPS) is 13.4. The number of hydrogen-bond acceptors (Lipinski definition) is 4. The van der Waals surface area contributed by atoms with Gasteiger partial charge in [-0.3, -0.25) is 0 Å². The third-order valence-corrected chi connectivity index (χ3v) is 7.63. The first-order valence-corrected chi connectivity index (χ1v) is 12.6. The van der Waals surface area contributed by atoms with Crippen molar-refractivity contribution in [1.29, 1.82) is 0 Å². The van der Waals surface area contributed by atoms with E-state index in [1.54, 1.807) is 18.2 Å². The number of fused-ring (bicyclic) bond motifs is 3. The van der Waals surface area contributed by atoms with Crippen molar-refractivity contribution in [2.45, 2.75) is 24.6 Å². The molecule has 1 atom stereocenters. The quantitative estimate of drug-likeness (QED) is 0.267. The maximum Gasteiger partial charge on any atom is 0.416 e. The van der Waals surface area contributed by atoms with E-state index in [0.717, 1.165) is 34.4 Å². The van der Waals surface area contributed by atoms with Crippen LogP contribution in [0.5, 0.6) is 0 Å². The van der Waals surface area contributed by atoms with Crippen LogP contribution in [0.25, 0.3) is 21.6 Å². The number of alkyl carbamates (subject to hydrolysis) is 1. The van der Waals surface area contributed by atoms with E-state index < -0.39 is 29.8 Å². The van der Waals surface area contributed by atoms with Gasteiger partial charge in [0.05, 0.1) is 5.56 Å². The molecular weight excluding hydrogens is 515 g/mol. The lowest BCUT2D eigenvalue weighted by atomic mass is 9.98. The minimum atomic E-state index is -4.46. The maximum atomic E-state index is 13.1. The summed E-state index contributed by atoms with van der Waals surface area (Å²) in [6, 6.07) is 22.7. The molecule has 9 heteroatoms. The van der Waals surface area contributed by atoms with Crippen LogP contribution in [0.2, 0.25) is 0 Å². The fraction of sp³-hybridized carbons (Fsp3) is 0.172. The number of ether oxygens (including phenoxy) is 1. The Morgan fingerprint density at radius 3 is 2.21 bits per heavy atom. The Bertz CT molecular complexity index is 1450. The van der Waals surface area contributed by atoms with E-state index >= 15 is 0 Å². The summed E-state index contributed by atoms with van der Waals surface area (Å²) >= 11 is 1.17.